The molecule has 0 aliphatic carbocycles. The minimum Gasteiger partial charge on any atom is -0.493 e. The number of hydrogen-bond donors (Lipinski definition) is 2. The van der Waals surface area contributed by atoms with E-state index in [9.17, 15) is 4.79 Å². The molecule has 0 unspecified atom stereocenters. The summed E-state index contributed by atoms with van der Waals surface area (Å²) in [7, 11) is 0. The minimum atomic E-state index is -0.0851. The highest BCUT2D eigenvalue weighted by Gasteiger charge is 2.26. The van der Waals surface area contributed by atoms with Crippen LogP contribution in [0.25, 0.3) is 0 Å². The Balaban J connectivity index is 1.64. The van der Waals surface area contributed by atoms with E-state index in [0.29, 0.717) is 35.7 Å². The second kappa shape index (κ2) is 11.6. The quantitative estimate of drug-likeness (QED) is 0.543. The van der Waals surface area contributed by atoms with E-state index >= 15 is 0 Å². The molecule has 0 spiro atoms. The van der Waals surface area contributed by atoms with E-state index in [0.717, 1.165) is 42.8 Å². The third-order valence-corrected chi connectivity index (χ3v) is 5.90. The minimum absolute atomic E-state index is 0.0851. The monoisotopic (exact) mass is 463 g/mol. The molecule has 1 aliphatic heterocycles. The lowest BCUT2D eigenvalue weighted by atomic mass is 10.0. The van der Waals surface area contributed by atoms with Gasteiger partial charge in [0.05, 0.1) is 6.61 Å². The van der Waals surface area contributed by atoms with Crippen LogP contribution in [0.3, 0.4) is 0 Å². The Bertz CT molecular complexity index is 852. The average molecular weight is 464 g/mol. The van der Waals surface area contributed by atoms with Crippen LogP contribution < -0.4 is 15.4 Å². The van der Waals surface area contributed by atoms with Crippen molar-refractivity contribution < 1.29 is 9.53 Å². The molecule has 1 heterocycles. The van der Waals surface area contributed by atoms with Crippen molar-refractivity contribution >= 4 is 29.2 Å². The highest BCUT2D eigenvalue weighted by molar-refractivity contribution is 6.35. The van der Waals surface area contributed by atoms with Gasteiger partial charge in [-0.15, -0.1) is 0 Å². The van der Waals surface area contributed by atoms with E-state index < -0.39 is 0 Å². The summed E-state index contributed by atoms with van der Waals surface area (Å²) in [5.41, 5.74) is 1.92. The number of halogens is 2. The molecule has 0 saturated carbocycles. The van der Waals surface area contributed by atoms with Gasteiger partial charge in [-0.2, -0.15) is 0 Å². The maximum absolute atomic E-state index is 13.1. The summed E-state index contributed by atoms with van der Waals surface area (Å²) in [6, 6.07) is 13.4. The van der Waals surface area contributed by atoms with Crippen molar-refractivity contribution in [2.45, 2.75) is 45.8 Å². The summed E-state index contributed by atoms with van der Waals surface area (Å²) in [6.45, 7) is 7.65. The van der Waals surface area contributed by atoms with Gasteiger partial charge < -0.3 is 20.3 Å². The van der Waals surface area contributed by atoms with E-state index in [2.05, 4.69) is 24.5 Å². The molecule has 0 atom stereocenters. The average Bonchev–Trinajstić information content (AvgIpc) is 2.77. The van der Waals surface area contributed by atoms with Crippen LogP contribution in [-0.2, 0) is 13.1 Å². The van der Waals surface area contributed by atoms with E-state index in [1.165, 1.54) is 0 Å². The molecule has 2 N–H and O–H groups in total. The number of rotatable bonds is 8. The molecule has 1 fully saturated rings. The lowest BCUT2D eigenvalue weighted by Gasteiger charge is -2.35. The molecular formula is C24H31Cl2N3O2. The van der Waals surface area contributed by atoms with Gasteiger partial charge in [-0.25, -0.2) is 4.79 Å². The van der Waals surface area contributed by atoms with Gasteiger partial charge in [-0.05, 0) is 67.2 Å². The van der Waals surface area contributed by atoms with Gasteiger partial charge in [0.1, 0.15) is 5.75 Å². The second-order valence-electron chi connectivity index (χ2n) is 8.35. The summed E-state index contributed by atoms with van der Waals surface area (Å²) in [5, 5.41) is 7.60. The van der Waals surface area contributed by atoms with Crippen LogP contribution in [-0.4, -0.2) is 36.7 Å². The maximum Gasteiger partial charge on any atom is 0.318 e. The van der Waals surface area contributed by atoms with Crippen molar-refractivity contribution in [3.63, 3.8) is 0 Å². The van der Waals surface area contributed by atoms with Crippen molar-refractivity contribution in [3.8, 4) is 5.75 Å². The first-order valence-corrected chi connectivity index (χ1v) is 11.6. The van der Waals surface area contributed by atoms with Crippen LogP contribution in [0.5, 0.6) is 5.75 Å². The summed E-state index contributed by atoms with van der Waals surface area (Å²) in [4.78, 5) is 15.0. The fourth-order valence-electron chi connectivity index (χ4n) is 3.56. The molecule has 2 aromatic rings. The van der Waals surface area contributed by atoms with Crippen LogP contribution in [0, 0.1) is 5.92 Å². The molecule has 5 nitrogen and oxygen atoms in total. The highest BCUT2D eigenvalue weighted by Crippen LogP contribution is 2.24. The summed E-state index contributed by atoms with van der Waals surface area (Å²) in [5.74, 6) is 1.33. The van der Waals surface area contributed by atoms with Gasteiger partial charge >= 0.3 is 6.03 Å². The molecule has 2 amide bonds. The molecule has 7 heteroatoms. The van der Waals surface area contributed by atoms with Crippen LogP contribution in [0.1, 0.15) is 37.8 Å². The number of ether oxygens (including phenoxy) is 1. The Kier molecular flexibility index (Phi) is 8.88. The molecule has 0 aromatic heterocycles. The van der Waals surface area contributed by atoms with Crippen molar-refractivity contribution in [2.75, 3.05) is 19.7 Å². The standard InChI is InChI=1S/C24H31Cl2N3O2/c1-17(2)16-31-22-7-3-18(4-8-22)14-28-24(30)29(21-9-11-27-12-10-21)15-19-5-6-20(25)13-23(19)26/h3-8,13,17,21,27H,9-12,14-16H2,1-2H3,(H,28,30). The Hall–Kier alpha value is -1.95. The smallest absolute Gasteiger partial charge is 0.318 e. The number of hydrogen-bond acceptors (Lipinski definition) is 3. The third kappa shape index (κ3) is 7.30. The van der Waals surface area contributed by atoms with E-state index in [-0.39, 0.29) is 12.1 Å². The molecule has 0 bridgehead atoms. The fraction of sp³-hybridized carbons (Fsp3) is 0.458. The molecule has 0 radical (unpaired) electrons. The van der Waals surface area contributed by atoms with E-state index in [4.69, 9.17) is 27.9 Å². The topological polar surface area (TPSA) is 53.6 Å². The Labute approximate surface area is 195 Å². The molecular weight excluding hydrogens is 433 g/mol. The lowest BCUT2D eigenvalue weighted by molar-refractivity contribution is 0.154. The zero-order chi connectivity index (χ0) is 22.2. The second-order valence-corrected chi connectivity index (χ2v) is 9.20. The van der Waals surface area contributed by atoms with Crippen LogP contribution >= 0.6 is 23.2 Å². The summed E-state index contributed by atoms with van der Waals surface area (Å²) >= 11 is 12.4. The van der Waals surface area contributed by atoms with Gasteiger partial charge in [0.25, 0.3) is 0 Å². The molecule has 168 valence electrons. The number of nitrogens with one attached hydrogen (secondary N) is 2. The number of nitrogens with zero attached hydrogens (tertiary/aromatic N) is 1. The van der Waals surface area contributed by atoms with Gasteiger partial charge in [0, 0.05) is 29.2 Å². The highest BCUT2D eigenvalue weighted by atomic mass is 35.5. The van der Waals surface area contributed by atoms with Gasteiger partial charge in [-0.3, -0.25) is 0 Å². The van der Waals surface area contributed by atoms with Crippen LogP contribution in [0.2, 0.25) is 10.0 Å². The van der Waals surface area contributed by atoms with Gasteiger partial charge in [0.15, 0.2) is 0 Å². The van der Waals surface area contributed by atoms with Crippen molar-refractivity contribution in [1.82, 2.24) is 15.5 Å². The van der Waals surface area contributed by atoms with E-state index in [1.807, 2.05) is 41.3 Å². The van der Waals surface area contributed by atoms with Crippen LogP contribution in [0.15, 0.2) is 42.5 Å². The number of benzene rings is 2. The normalized spacial score (nSPS) is 14.5. The van der Waals surface area contributed by atoms with Gasteiger partial charge in [-0.1, -0.05) is 55.2 Å². The predicted octanol–water partition coefficient (Wildman–Crippen LogP) is 5.49. The first-order chi connectivity index (χ1) is 14.9. The first-order valence-electron chi connectivity index (χ1n) is 10.8. The Morgan fingerprint density at radius 3 is 2.52 bits per heavy atom. The van der Waals surface area contributed by atoms with Crippen molar-refractivity contribution in [1.29, 1.82) is 0 Å². The number of carbonyl (C=O) groups excluding carboxylic acids is 1. The molecule has 2 aromatic carbocycles. The van der Waals surface area contributed by atoms with Crippen molar-refractivity contribution in [2.24, 2.45) is 5.92 Å². The Morgan fingerprint density at radius 1 is 1.16 bits per heavy atom. The van der Waals surface area contributed by atoms with E-state index in [1.54, 1.807) is 6.07 Å². The number of piperidine rings is 1. The largest absolute Gasteiger partial charge is 0.493 e. The number of urea groups is 1. The molecule has 3 rings (SSSR count). The zero-order valence-corrected chi connectivity index (χ0v) is 19.7. The summed E-state index contributed by atoms with van der Waals surface area (Å²) < 4.78 is 5.73. The van der Waals surface area contributed by atoms with Crippen LogP contribution in [0.4, 0.5) is 4.79 Å². The maximum atomic E-state index is 13.1. The third-order valence-electron chi connectivity index (χ3n) is 5.32. The SMILES string of the molecule is CC(C)COc1ccc(CNC(=O)N(Cc2ccc(Cl)cc2Cl)C2CCNCC2)cc1. The first kappa shape index (κ1) is 23.7. The lowest BCUT2D eigenvalue weighted by Crippen LogP contribution is -2.49. The fourth-order valence-corrected chi connectivity index (χ4v) is 4.03. The predicted molar refractivity (Wildman–Crippen MR) is 127 cm³/mol. The van der Waals surface area contributed by atoms with Crippen molar-refractivity contribution in [3.05, 3.63) is 63.6 Å². The number of amides is 2. The molecule has 1 saturated heterocycles. The molecule has 1 aliphatic rings. The number of carbonyl (C=O) groups is 1. The Morgan fingerprint density at radius 2 is 1.87 bits per heavy atom. The van der Waals surface area contributed by atoms with Gasteiger partial charge in [0.2, 0.25) is 0 Å². The zero-order valence-electron chi connectivity index (χ0n) is 18.2. The molecule has 31 heavy (non-hydrogen) atoms. The summed E-state index contributed by atoms with van der Waals surface area (Å²) in [6.07, 6.45) is 1.83.